The van der Waals surface area contributed by atoms with Gasteiger partial charge in [-0.25, -0.2) is 21.8 Å². The lowest BCUT2D eigenvalue weighted by molar-refractivity contribution is 0.592. The van der Waals surface area contributed by atoms with Crippen LogP contribution in [-0.4, -0.2) is 36.1 Å². The van der Waals surface area contributed by atoms with Crippen LogP contribution in [0.3, 0.4) is 0 Å². The highest BCUT2D eigenvalue weighted by atomic mass is 32.2. The fourth-order valence-electron chi connectivity index (χ4n) is 5.04. The molecule has 4 aromatic rings. The molecule has 0 saturated heterocycles. The maximum absolute atomic E-state index is 12.8. The Kier molecular flexibility index (Phi) is 7.34. The van der Waals surface area contributed by atoms with Crippen LogP contribution in [0, 0.1) is 0 Å². The van der Waals surface area contributed by atoms with E-state index in [0.717, 1.165) is 11.1 Å². The van der Waals surface area contributed by atoms with Crippen molar-refractivity contribution in [3.8, 4) is 0 Å². The van der Waals surface area contributed by atoms with E-state index < -0.39 is 32.1 Å². The van der Waals surface area contributed by atoms with E-state index >= 15 is 0 Å². The summed E-state index contributed by atoms with van der Waals surface area (Å²) in [4.78, 5) is 4.73. The molecule has 11 heteroatoms. The summed E-state index contributed by atoms with van der Waals surface area (Å²) >= 11 is 4.74. The van der Waals surface area contributed by atoms with E-state index in [0.29, 0.717) is 22.5 Å². The first-order chi connectivity index (χ1) is 19.1. The number of isothiocyanates is 1. The summed E-state index contributed by atoms with van der Waals surface area (Å²) in [7, 11) is -4.05. The summed E-state index contributed by atoms with van der Waals surface area (Å²) in [5, 5.41) is 2.38. The van der Waals surface area contributed by atoms with Crippen LogP contribution in [0.15, 0.2) is 112 Å². The molecular weight excluding hydrogens is 565 g/mol. The predicted octanol–water partition coefficient (Wildman–Crippen LogP) is 4.89. The van der Waals surface area contributed by atoms with Gasteiger partial charge in [0.05, 0.1) is 32.4 Å². The van der Waals surface area contributed by atoms with Crippen LogP contribution in [0.2, 0.25) is 0 Å². The Balaban J connectivity index is 0.000000162. The van der Waals surface area contributed by atoms with E-state index in [1.165, 1.54) is 8.61 Å². The zero-order chi connectivity index (χ0) is 28.7. The molecule has 4 aromatic carbocycles. The minimum absolute atomic E-state index is 0.253. The quantitative estimate of drug-likeness (QED) is 0.250. The summed E-state index contributed by atoms with van der Waals surface area (Å²) in [6.07, 6.45) is 0. The SMILES string of the molecule is CN1c2ccccc2C(N)c2ccccc2S1(=O)=O.CN1c2ccccc2C(N=C=S)c2ccccc2S1(=O)=O. The van der Waals surface area contributed by atoms with Crippen molar-refractivity contribution in [3.05, 3.63) is 119 Å². The molecule has 6 rings (SSSR count). The Labute approximate surface area is 239 Å². The second-order valence-corrected chi connectivity index (χ2v) is 13.3. The number of hydrogen-bond acceptors (Lipinski definition) is 7. The molecule has 2 N–H and O–H groups in total. The Hall–Kier alpha value is -3.86. The number of hydrogen-bond donors (Lipinski definition) is 1. The maximum Gasteiger partial charge on any atom is 0.264 e. The third-order valence-electron chi connectivity index (χ3n) is 7.11. The van der Waals surface area contributed by atoms with Crippen molar-refractivity contribution in [2.45, 2.75) is 21.9 Å². The standard InChI is InChI=1S/C15H12N2O2S2.C14H14N2O2S/c1-17-13-8-4-2-6-11(13)15(16-10-20)12-7-3-5-9-14(12)21(17,18)19;1-16-12-8-4-2-6-10(12)14(15)11-7-3-5-9-13(11)19(16,17)18/h2-9,15H,1H3;2-9,14H,15H2,1H3. The fraction of sp³-hybridized carbons (Fsp3) is 0.138. The van der Waals surface area contributed by atoms with Crippen LogP contribution in [0.5, 0.6) is 0 Å². The molecule has 2 atom stereocenters. The molecule has 0 amide bonds. The Bertz CT molecular complexity index is 1870. The van der Waals surface area contributed by atoms with Crippen LogP contribution < -0.4 is 14.3 Å². The topological polar surface area (TPSA) is 113 Å². The number of aliphatic imine (C=N–C) groups is 1. The molecule has 0 spiro atoms. The molecule has 40 heavy (non-hydrogen) atoms. The van der Waals surface area contributed by atoms with Gasteiger partial charge in [0.1, 0.15) is 6.04 Å². The number of thiocarbonyl (C=S) groups is 1. The highest BCUT2D eigenvalue weighted by molar-refractivity contribution is 7.93. The fourth-order valence-corrected chi connectivity index (χ4v) is 8.05. The number of rotatable bonds is 1. The highest BCUT2D eigenvalue weighted by Gasteiger charge is 2.35. The second-order valence-electron chi connectivity index (χ2n) is 9.24. The molecule has 0 fully saturated rings. The van der Waals surface area contributed by atoms with Crippen LogP contribution in [-0.2, 0) is 20.0 Å². The van der Waals surface area contributed by atoms with E-state index in [-0.39, 0.29) is 9.79 Å². The summed E-state index contributed by atoms with van der Waals surface area (Å²) in [5.74, 6) is 0. The zero-order valence-electron chi connectivity index (χ0n) is 21.7. The first-order valence-corrected chi connectivity index (χ1v) is 15.6. The zero-order valence-corrected chi connectivity index (χ0v) is 24.1. The first-order valence-electron chi connectivity index (χ1n) is 12.3. The summed E-state index contributed by atoms with van der Waals surface area (Å²) in [5.41, 5.74) is 10.4. The number of nitrogens with zero attached hydrogens (tertiary/aromatic N) is 3. The largest absolute Gasteiger partial charge is 0.320 e. The van der Waals surface area contributed by atoms with Crippen molar-refractivity contribution < 1.29 is 16.8 Å². The molecule has 0 aliphatic carbocycles. The van der Waals surface area contributed by atoms with E-state index in [9.17, 15) is 16.8 Å². The first kappa shape index (κ1) is 27.7. The Morgan fingerprint density at radius 2 is 1.05 bits per heavy atom. The molecule has 2 unspecified atom stereocenters. The molecule has 204 valence electrons. The van der Waals surface area contributed by atoms with Crippen LogP contribution in [0.1, 0.15) is 34.3 Å². The average Bonchev–Trinajstić information content (AvgIpc) is 3.09. The number of anilines is 2. The van der Waals surface area contributed by atoms with Gasteiger partial charge in [0, 0.05) is 25.2 Å². The molecule has 2 aliphatic rings. The van der Waals surface area contributed by atoms with E-state index in [2.05, 4.69) is 10.2 Å². The molecule has 0 radical (unpaired) electrons. The van der Waals surface area contributed by atoms with Gasteiger partial charge in [-0.2, -0.15) is 0 Å². The molecular formula is C29H26N4O4S3. The lowest BCUT2D eigenvalue weighted by atomic mass is 9.98. The smallest absolute Gasteiger partial charge is 0.264 e. The molecule has 0 aromatic heterocycles. The normalized spacial score (nSPS) is 19.6. The lowest BCUT2D eigenvalue weighted by Crippen LogP contribution is -2.26. The average molecular weight is 591 g/mol. The minimum atomic E-state index is -3.61. The number of nitrogens with two attached hydrogens (primary N) is 1. The van der Waals surface area contributed by atoms with Gasteiger partial charge in [0.2, 0.25) is 0 Å². The molecule has 8 nitrogen and oxygen atoms in total. The minimum Gasteiger partial charge on any atom is -0.320 e. The summed E-state index contributed by atoms with van der Waals surface area (Å²) in [6.45, 7) is 0. The van der Waals surface area contributed by atoms with Crippen molar-refractivity contribution in [2.75, 3.05) is 22.7 Å². The van der Waals surface area contributed by atoms with Gasteiger partial charge in [-0.3, -0.25) is 8.61 Å². The lowest BCUT2D eigenvalue weighted by Gasteiger charge is -2.19. The number of benzene rings is 4. The van der Waals surface area contributed by atoms with Gasteiger partial charge in [0.15, 0.2) is 0 Å². The number of fused-ring (bicyclic) bond motifs is 4. The number of para-hydroxylation sites is 2. The van der Waals surface area contributed by atoms with Gasteiger partial charge < -0.3 is 5.73 Å². The van der Waals surface area contributed by atoms with Gasteiger partial charge in [-0.05, 0) is 47.6 Å². The molecule has 0 saturated carbocycles. The van der Waals surface area contributed by atoms with Gasteiger partial charge in [-0.15, -0.1) is 0 Å². The van der Waals surface area contributed by atoms with Crippen molar-refractivity contribution in [2.24, 2.45) is 10.7 Å². The third-order valence-corrected chi connectivity index (χ3v) is 10.9. The predicted molar refractivity (Wildman–Crippen MR) is 160 cm³/mol. The van der Waals surface area contributed by atoms with Gasteiger partial charge in [-0.1, -0.05) is 72.8 Å². The highest BCUT2D eigenvalue weighted by Crippen LogP contribution is 2.41. The Morgan fingerprint density at radius 3 is 1.60 bits per heavy atom. The Morgan fingerprint density at radius 1 is 0.650 bits per heavy atom. The van der Waals surface area contributed by atoms with Gasteiger partial charge >= 0.3 is 0 Å². The monoisotopic (exact) mass is 590 g/mol. The molecule has 2 aliphatic heterocycles. The number of sulfonamides is 2. The van der Waals surface area contributed by atoms with Crippen molar-refractivity contribution in [1.82, 2.24) is 0 Å². The van der Waals surface area contributed by atoms with E-state index in [1.807, 2.05) is 36.4 Å². The van der Waals surface area contributed by atoms with Crippen LogP contribution in [0.25, 0.3) is 0 Å². The van der Waals surface area contributed by atoms with Crippen molar-refractivity contribution in [3.63, 3.8) is 0 Å². The van der Waals surface area contributed by atoms with Crippen molar-refractivity contribution >= 4 is 48.8 Å². The van der Waals surface area contributed by atoms with Crippen LogP contribution >= 0.6 is 12.2 Å². The third kappa shape index (κ3) is 4.51. The summed E-state index contributed by atoms with van der Waals surface area (Å²) < 4.78 is 53.3. The second kappa shape index (κ2) is 10.6. The van der Waals surface area contributed by atoms with E-state index in [1.54, 1.807) is 74.8 Å². The van der Waals surface area contributed by atoms with E-state index in [4.69, 9.17) is 18.0 Å². The molecule has 0 bridgehead atoms. The molecule has 2 heterocycles. The van der Waals surface area contributed by atoms with Crippen LogP contribution in [0.4, 0.5) is 11.4 Å². The van der Waals surface area contributed by atoms with Gasteiger partial charge in [0.25, 0.3) is 20.0 Å². The summed E-state index contributed by atoms with van der Waals surface area (Å²) in [6, 6.07) is 27.5. The maximum atomic E-state index is 12.8. The van der Waals surface area contributed by atoms with Crippen molar-refractivity contribution in [1.29, 1.82) is 0 Å².